The van der Waals surface area contributed by atoms with Crippen molar-refractivity contribution in [3.63, 3.8) is 0 Å². The number of hydrogen-bond donors (Lipinski definition) is 0. The third-order valence-electron chi connectivity index (χ3n) is 5.79. The fraction of sp³-hybridized carbons (Fsp3) is 0.500. The van der Waals surface area contributed by atoms with Crippen molar-refractivity contribution in [2.75, 3.05) is 14.2 Å². The highest BCUT2D eigenvalue weighted by molar-refractivity contribution is 5.43. The van der Waals surface area contributed by atoms with Gasteiger partial charge >= 0.3 is 0 Å². The van der Waals surface area contributed by atoms with Gasteiger partial charge in [-0.05, 0) is 62.1 Å². The van der Waals surface area contributed by atoms with Crippen LogP contribution in [-0.4, -0.2) is 26.8 Å². The van der Waals surface area contributed by atoms with Gasteiger partial charge in [-0.25, -0.2) is 0 Å². The van der Waals surface area contributed by atoms with Crippen LogP contribution >= 0.6 is 0 Å². The Balaban J connectivity index is 1.86. The predicted octanol–water partition coefficient (Wildman–Crippen LogP) is 5.68. The van der Waals surface area contributed by atoms with E-state index < -0.39 is 0 Å². The molecule has 0 saturated heterocycles. The van der Waals surface area contributed by atoms with Crippen molar-refractivity contribution in [1.82, 2.24) is 0 Å². The van der Waals surface area contributed by atoms with Crippen molar-refractivity contribution in [2.24, 2.45) is 0 Å². The summed E-state index contributed by atoms with van der Waals surface area (Å²) in [6.45, 7) is 3.79. The van der Waals surface area contributed by atoms with Crippen LogP contribution < -0.4 is 9.47 Å². The highest BCUT2D eigenvalue weighted by Crippen LogP contribution is 2.45. The summed E-state index contributed by atoms with van der Waals surface area (Å²) < 4.78 is 21.9. The molecule has 28 heavy (non-hydrogen) atoms. The van der Waals surface area contributed by atoms with Gasteiger partial charge in [0.2, 0.25) is 0 Å². The van der Waals surface area contributed by atoms with Crippen LogP contribution in [0, 0.1) is 0 Å². The molecule has 0 aliphatic heterocycles. The lowest BCUT2D eigenvalue weighted by Gasteiger charge is -2.39. The van der Waals surface area contributed by atoms with Gasteiger partial charge < -0.3 is 18.9 Å². The van der Waals surface area contributed by atoms with E-state index in [1.165, 1.54) is 30.4 Å². The summed E-state index contributed by atoms with van der Waals surface area (Å²) in [5, 5.41) is 0. The van der Waals surface area contributed by atoms with E-state index in [2.05, 4.69) is 48.5 Å². The molecule has 1 aliphatic rings. The van der Waals surface area contributed by atoms with Crippen molar-refractivity contribution in [3.8, 4) is 11.5 Å². The van der Waals surface area contributed by atoms with Crippen LogP contribution in [0.3, 0.4) is 0 Å². The van der Waals surface area contributed by atoms with Gasteiger partial charge in [-0.1, -0.05) is 43.5 Å². The molecule has 1 aliphatic carbocycles. The minimum absolute atomic E-state index is 0.0506. The lowest BCUT2D eigenvalue weighted by atomic mass is 9.65. The lowest BCUT2D eigenvalue weighted by Crippen LogP contribution is -2.30. The zero-order valence-electron chi connectivity index (χ0n) is 17.4. The largest absolute Gasteiger partial charge is 0.465 e. The van der Waals surface area contributed by atoms with Gasteiger partial charge in [0, 0.05) is 19.6 Å². The van der Waals surface area contributed by atoms with Crippen LogP contribution in [0.1, 0.15) is 57.1 Å². The van der Waals surface area contributed by atoms with Gasteiger partial charge in [-0.15, -0.1) is 0 Å². The van der Waals surface area contributed by atoms with Crippen molar-refractivity contribution in [1.29, 1.82) is 0 Å². The number of rotatable bonds is 8. The Morgan fingerprint density at radius 1 is 0.643 bits per heavy atom. The standard InChI is InChI=1S/C24H32O4/c1-18(25-3)27-22-12-8-20(9-13-22)24(16-6-5-7-17-24)21-10-14-23(15-11-21)28-19(2)26-4/h8-15,18-19H,5-7,16-17H2,1-4H3. The van der Waals surface area contributed by atoms with E-state index in [0.29, 0.717) is 0 Å². The van der Waals surface area contributed by atoms with Gasteiger partial charge in [-0.3, -0.25) is 0 Å². The molecule has 4 nitrogen and oxygen atoms in total. The molecule has 152 valence electrons. The van der Waals surface area contributed by atoms with Crippen molar-refractivity contribution < 1.29 is 18.9 Å². The Hall–Kier alpha value is -2.04. The van der Waals surface area contributed by atoms with E-state index in [4.69, 9.17) is 18.9 Å². The second-order valence-electron chi connectivity index (χ2n) is 7.53. The topological polar surface area (TPSA) is 36.9 Å². The van der Waals surface area contributed by atoms with Crippen LogP contribution in [0.15, 0.2) is 48.5 Å². The van der Waals surface area contributed by atoms with Gasteiger partial charge in [0.15, 0.2) is 12.6 Å². The summed E-state index contributed by atoms with van der Waals surface area (Å²) in [7, 11) is 3.30. The number of benzene rings is 2. The molecule has 2 atom stereocenters. The Kier molecular flexibility index (Phi) is 6.97. The highest BCUT2D eigenvalue weighted by Gasteiger charge is 2.35. The van der Waals surface area contributed by atoms with E-state index in [1.807, 2.05) is 13.8 Å². The highest BCUT2D eigenvalue weighted by atomic mass is 16.7. The summed E-state index contributed by atoms with van der Waals surface area (Å²) >= 11 is 0. The van der Waals surface area contributed by atoms with Crippen LogP contribution in [0.2, 0.25) is 0 Å². The van der Waals surface area contributed by atoms with Gasteiger partial charge in [0.1, 0.15) is 11.5 Å². The molecule has 2 unspecified atom stereocenters. The quantitative estimate of drug-likeness (QED) is 0.549. The average Bonchev–Trinajstić information content (AvgIpc) is 2.75. The molecule has 0 radical (unpaired) electrons. The zero-order chi connectivity index (χ0) is 20.0. The Morgan fingerprint density at radius 2 is 1.04 bits per heavy atom. The molecule has 0 spiro atoms. The van der Waals surface area contributed by atoms with Gasteiger partial charge in [0.05, 0.1) is 0 Å². The summed E-state index contributed by atoms with van der Waals surface area (Å²) in [4.78, 5) is 0. The first-order valence-electron chi connectivity index (χ1n) is 10.2. The van der Waals surface area contributed by atoms with Crippen LogP contribution in [0.5, 0.6) is 11.5 Å². The first-order valence-corrected chi connectivity index (χ1v) is 10.2. The summed E-state index contributed by atoms with van der Waals surface area (Å²) in [5.41, 5.74) is 2.75. The second kappa shape index (κ2) is 9.44. The number of hydrogen-bond acceptors (Lipinski definition) is 4. The van der Waals surface area contributed by atoms with Crippen LogP contribution in [0.4, 0.5) is 0 Å². The zero-order valence-corrected chi connectivity index (χ0v) is 17.4. The molecule has 0 amide bonds. The second-order valence-corrected chi connectivity index (χ2v) is 7.53. The minimum Gasteiger partial charge on any atom is -0.465 e. The number of ether oxygens (including phenoxy) is 4. The van der Waals surface area contributed by atoms with Crippen LogP contribution in [-0.2, 0) is 14.9 Å². The SMILES string of the molecule is COC(C)Oc1ccc(C2(c3ccc(OC(C)OC)cc3)CCCCC2)cc1. The maximum absolute atomic E-state index is 5.76. The average molecular weight is 385 g/mol. The smallest absolute Gasteiger partial charge is 0.196 e. The van der Waals surface area contributed by atoms with E-state index in [-0.39, 0.29) is 18.0 Å². The van der Waals surface area contributed by atoms with Crippen LogP contribution in [0.25, 0.3) is 0 Å². The Labute approximate surface area is 168 Å². The molecule has 0 heterocycles. The fourth-order valence-electron chi connectivity index (χ4n) is 4.08. The first kappa shape index (κ1) is 20.7. The molecule has 4 heteroatoms. The molecule has 2 aromatic rings. The van der Waals surface area contributed by atoms with E-state index in [0.717, 1.165) is 24.3 Å². The Morgan fingerprint density at radius 3 is 1.39 bits per heavy atom. The van der Waals surface area contributed by atoms with E-state index in [9.17, 15) is 0 Å². The fourth-order valence-corrected chi connectivity index (χ4v) is 4.08. The van der Waals surface area contributed by atoms with Crippen molar-refractivity contribution in [3.05, 3.63) is 59.7 Å². The van der Waals surface area contributed by atoms with E-state index in [1.54, 1.807) is 14.2 Å². The summed E-state index contributed by atoms with van der Waals surface area (Å²) in [6, 6.07) is 17.1. The summed E-state index contributed by atoms with van der Waals surface area (Å²) in [6.07, 6.45) is 5.62. The molecule has 0 bridgehead atoms. The minimum atomic E-state index is -0.253. The maximum atomic E-state index is 5.76. The van der Waals surface area contributed by atoms with Gasteiger partial charge in [0.25, 0.3) is 0 Å². The molecule has 1 saturated carbocycles. The molecule has 1 fully saturated rings. The lowest BCUT2D eigenvalue weighted by molar-refractivity contribution is -0.0385. The first-order chi connectivity index (χ1) is 13.6. The molecule has 0 N–H and O–H groups in total. The normalized spacial score (nSPS) is 18.3. The van der Waals surface area contributed by atoms with Crippen molar-refractivity contribution >= 4 is 0 Å². The maximum Gasteiger partial charge on any atom is 0.196 e. The molecule has 2 aromatic carbocycles. The monoisotopic (exact) mass is 384 g/mol. The third kappa shape index (κ3) is 4.68. The van der Waals surface area contributed by atoms with E-state index >= 15 is 0 Å². The van der Waals surface area contributed by atoms with Gasteiger partial charge in [-0.2, -0.15) is 0 Å². The Bertz CT molecular complexity index is 660. The third-order valence-corrected chi connectivity index (χ3v) is 5.79. The molecule has 0 aromatic heterocycles. The molecular formula is C24H32O4. The number of methoxy groups -OCH3 is 2. The van der Waals surface area contributed by atoms with Crippen molar-refractivity contribution in [2.45, 2.75) is 63.9 Å². The summed E-state index contributed by atoms with van der Waals surface area (Å²) in [5.74, 6) is 1.67. The predicted molar refractivity (Wildman–Crippen MR) is 111 cm³/mol. The molecular weight excluding hydrogens is 352 g/mol. The molecule has 3 rings (SSSR count).